The highest BCUT2D eigenvalue weighted by atomic mass is 32.2. The molecule has 3 rings (SSSR count). The van der Waals surface area contributed by atoms with Gasteiger partial charge in [-0.2, -0.15) is 11.8 Å². The van der Waals surface area contributed by atoms with E-state index in [0.29, 0.717) is 5.75 Å². The predicted octanol–water partition coefficient (Wildman–Crippen LogP) is 3.11. The van der Waals surface area contributed by atoms with Crippen molar-refractivity contribution in [3.05, 3.63) is 29.6 Å². The van der Waals surface area contributed by atoms with Crippen molar-refractivity contribution in [3.63, 3.8) is 0 Å². The second kappa shape index (κ2) is 6.55. The standard InChI is InChI=1S/C16H22FNO2S/c17-13-1-2-15(12(9-13)11-18)20-14-3-6-19-16(10-14)4-7-21-8-5-16/h1-2,9,14H,3-8,10-11,18H2. The van der Waals surface area contributed by atoms with Crippen LogP contribution in [0.25, 0.3) is 0 Å². The number of hydrogen-bond acceptors (Lipinski definition) is 4. The molecule has 1 unspecified atom stereocenters. The van der Waals surface area contributed by atoms with E-state index in [4.69, 9.17) is 15.2 Å². The fourth-order valence-corrected chi connectivity index (χ4v) is 4.41. The third-order valence-corrected chi connectivity index (χ3v) is 5.37. The first-order valence-corrected chi connectivity index (χ1v) is 8.73. The van der Waals surface area contributed by atoms with Crippen LogP contribution in [0.3, 0.4) is 0 Å². The first kappa shape index (κ1) is 15.1. The van der Waals surface area contributed by atoms with E-state index in [2.05, 4.69) is 0 Å². The molecule has 0 radical (unpaired) electrons. The number of hydrogen-bond donors (Lipinski definition) is 1. The molecule has 1 atom stereocenters. The number of thioether (sulfide) groups is 1. The van der Waals surface area contributed by atoms with Gasteiger partial charge >= 0.3 is 0 Å². The molecular formula is C16H22FNO2S. The maximum Gasteiger partial charge on any atom is 0.124 e. The Kier molecular flexibility index (Phi) is 4.72. The lowest BCUT2D eigenvalue weighted by molar-refractivity contribution is -0.116. The molecule has 2 aliphatic heterocycles. The van der Waals surface area contributed by atoms with Crippen LogP contribution in [0.1, 0.15) is 31.2 Å². The summed E-state index contributed by atoms with van der Waals surface area (Å²) in [7, 11) is 0. The SMILES string of the molecule is NCc1cc(F)ccc1OC1CCOC2(CCSCC2)C1. The maximum atomic E-state index is 13.3. The van der Waals surface area contributed by atoms with E-state index in [-0.39, 0.29) is 24.1 Å². The molecule has 2 heterocycles. The lowest BCUT2D eigenvalue weighted by atomic mass is 9.86. The molecular weight excluding hydrogens is 289 g/mol. The zero-order valence-electron chi connectivity index (χ0n) is 12.1. The fourth-order valence-electron chi connectivity index (χ4n) is 3.18. The van der Waals surface area contributed by atoms with Crippen molar-refractivity contribution in [1.29, 1.82) is 0 Å². The fraction of sp³-hybridized carbons (Fsp3) is 0.625. The zero-order chi connectivity index (χ0) is 14.7. The monoisotopic (exact) mass is 311 g/mol. The number of ether oxygens (including phenoxy) is 2. The van der Waals surface area contributed by atoms with Crippen LogP contribution in [-0.2, 0) is 11.3 Å². The number of benzene rings is 1. The van der Waals surface area contributed by atoms with Crippen LogP contribution in [0.5, 0.6) is 5.75 Å². The highest BCUT2D eigenvalue weighted by Gasteiger charge is 2.39. The summed E-state index contributed by atoms with van der Waals surface area (Å²) in [5.41, 5.74) is 6.42. The van der Waals surface area contributed by atoms with Crippen LogP contribution >= 0.6 is 11.8 Å². The molecule has 2 N–H and O–H groups in total. The summed E-state index contributed by atoms with van der Waals surface area (Å²) < 4.78 is 25.5. The molecule has 0 bridgehead atoms. The van der Waals surface area contributed by atoms with Crippen molar-refractivity contribution in [3.8, 4) is 5.75 Å². The molecule has 2 saturated heterocycles. The largest absolute Gasteiger partial charge is 0.490 e. The summed E-state index contributed by atoms with van der Waals surface area (Å²) in [5, 5.41) is 0. The van der Waals surface area contributed by atoms with Crippen molar-refractivity contribution in [1.82, 2.24) is 0 Å². The normalized spacial score (nSPS) is 25.0. The van der Waals surface area contributed by atoms with Gasteiger partial charge in [-0.25, -0.2) is 4.39 Å². The van der Waals surface area contributed by atoms with Crippen LogP contribution < -0.4 is 10.5 Å². The molecule has 21 heavy (non-hydrogen) atoms. The van der Waals surface area contributed by atoms with E-state index in [9.17, 15) is 4.39 Å². The molecule has 0 amide bonds. The number of nitrogens with two attached hydrogens (primary N) is 1. The van der Waals surface area contributed by atoms with Crippen LogP contribution in [0.4, 0.5) is 4.39 Å². The van der Waals surface area contributed by atoms with Crippen LogP contribution in [0.2, 0.25) is 0 Å². The summed E-state index contributed by atoms with van der Waals surface area (Å²) in [5.74, 6) is 2.77. The van der Waals surface area contributed by atoms with Gasteiger partial charge in [-0.05, 0) is 42.5 Å². The summed E-state index contributed by atoms with van der Waals surface area (Å²) in [6, 6.07) is 4.58. The molecule has 0 saturated carbocycles. The van der Waals surface area contributed by atoms with Crippen molar-refractivity contribution in [2.45, 2.75) is 43.9 Å². The number of rotatable bonds is 3. The second-order valence-corrected chi connectivity index (χ2v) is 7.06. The second-order valence-electron chi connectivity index (χ2n) is 5.83. The molecule has 0 aliphatic carbocycles. The van der Waals surface area contributed by atoms with E-state index in [1.165, 1.54) is 12.1 Å². The van der Waals surface area contributed by atoms with Gasteiger partial charge in [0.1, 0.15) is 17.7 Å². The summed E-state index contributed by atoms with van der Waals surface area (Å²) in [6.07, 6.45) is 4.15. The highest BCUT2D eigenvalue weighted by molar-refractivity contribution is 7.99. The Balaban J connectivity index is 1.70. The van der Waals surface area contributed by atoms with E-state index in [1.54, 1.807) is 6.07 Å². The van der Waals surface area contributed by atoms with Gasteiger partial charge in [0, 0.05) is 24.9 Å². The quantitative estimate of drug-likeness (QED) is 0.931. The van der Waals surface area contributed by atoms with Gasteiger partial charge in [0.2, 0.25) is 0 Å². The van der Waals surface area contributed by atoms with E-state index >= 15 is 0 Å². The Hall–Kier alpha value is -0.780. The van der Waals surface area contributed by atoms with Crippen molar-refractivity contribution >= 4 is 11.8 Å². The average Bonchev–Trinajstić information content (AvgIpc) is 2.50. The Morgan fingerprint density at radius 3 is 2.95 bits per heavy atom. The first-order chi connectivity index (χ1) is 10.2. The topological polar surface area (TPSA) is 44.5 Å². The first-order valence-electron chi connectivity index (χ1n) is 7.58. The summed E-state index contributed by atoms with van der Waals surface area (Å²) in [6.45, 7) is 1.03. The van der Waals surface area contributed by atoms with Crippen molar-refractivity contribution < 1.29 is 13.9 Å². The maximum absolute atomic E-state index is 13.3. The summed E-state index contributed by atoms with van der Waals surface area (Å²) >= 11 is 2.00. The van der Waals surface area contributed by atoms with E-state index in [0.717, 1.165) is 49.4 Å². The van der Waals surface area contributed by atoms with E-state index < -0.39 is 0 Å². The van der Waals surface area contributed by atoms with Gasteiger partial charge in [0.25, 0.3) is 0 Å². The Bertz CT molecular complexity index is 486. The van der Waals surface area contributed by atoms with Crippen LogP contribution in [-0.4, -0.2) is 29.8 Å². The molecule has 1 aromatic carbocycles. The number of halogens is 1. The van der Waals surface area contributed by atoms with Gasteiger partial charge in [-0.3, -0.25) is 0 Å². The third-order valence-electron chi connectivity index (χ3n) is 4.39. The molecule has 2 aliphatic rings. The van der Waals surface area contributed by atoms with Gasteiger partial charge in [0.05, 0.1) is 12.2 Å². The molecule has 2 fully saturated rings. The van der Waals surface area contributed by atoms with Crippen molar-refractivity contribution in [2.75, 3.05) is 18.1 Å². The van der Waals surface area contributed by atoms with Crippen LogP contribution in [0, 0.1) is 5.82 Å². The predicted molar refractivity (Wildman–Crippen MR) is 83.2 cm³/mol. The molecule has 116 valence electrons. The van der Waals surface area contributed by atoms with Gasteiger partial charge in [-0.1, -0.05) is 0 Å². The minimum absolute atomic E-state index is 0.00290. The minimum atomic E-state index is -0.268. The van der Waals surface area contributed by atoms with E-state index in [1.807, 2.05) is 11.8 Å². The highest BCUT2D eigenvalue weighted by Crippen LogP contribution is 2.38. The smallest absolute Gasteiger partial charge is 0.124 e. The Labute approximate surface area is 129 Å². The minimum Gasteiger partial charge on any atom is -0.490 e. The lowest BCUT2D eigenvalue weighted by Crippen LogP contribution is -2.46. The molecule has 1 spiro atoms. The molecule has 3 nitrogen and oxygen atoms in total. The molecule has 1 aromatic rings. The van der Waals surface area contributed by atoms with Gasteiger partial charge < -0.3 is 15.2 Å². The van der Waals surface area contributed by atoms with Gasteiger partial charge in [-0.15, -0.1) is 0 Å². The summed E-state index contributed by atoms with van der Waals surface area (Å²) in [4.78, 5) is 0. The Morgan fingerprint density at radius 2 is 2.19 bits per heavy atom. The molecule has 5 heteroatoms. The molecule has 0 aromatic heterocycles. The Morgan fingerprint density at radius 1 is 1.38 bits per heavy atom. The average molecular weight is 311 g/mol. The van der Waals surface area contributed by atoms with Crippen molar-refractivity contribution in [2.24, 2.45) is 5.73 Å². The zero-order valence-corrected chi connectivity index (χ0v) is 13.0. The van der Waals surface area contributed by atoms with Crippen LogP contribution in [0.15, 0.2) is 18.2 Å². The third kappa shape index (κ3) is 3.52. The van der Waals surface area contributed by atoms with Gasteiger partial charge in [0.15, 0.2) is 0 Å². The lowest BCUT2D eigenvalue weighted by Gasteiger charge is -2.43.